The van der Waals surface area contributed by atoms with E-state index in [1.54, 1.807) is 11.5 Å². The number of aromatic nitrogens is 2. The minimum atomic E-state index is 0.464. The van der Waals surface area contributed by atoms with Crippen molar-refractivity contribution >= 4 is 11.5 Å². The predicted molar refractivity (Wildman–Crippen MR) is 83.7 cm³/mol. The van der Waals surface area contributed by atoms with Crippen molar-refractivity contribution < 1.29 is 0 Å². The topological polar surface area (TPSA) is 37.8 Å². The summed E-state index contributed by atoms with van der Waals surface area (Å²) in [6, 6.07) is 0.464. The van der Waals surface area contributed by atoms with E-state index in [1.807, 2.05) is 0 Å². The second-order valence-corrected chi connectivity index (χ2v) is 5.89. The smallest absolute Gasteiger partial charge is 0.0800 e. The van der Waals surface area contributed by atoms with E-state index in [2.05, 4.69) is 35.7 Å². The van der Waals surface area contributed by atoms with E-state index in [0.717, 1.165) is 13.0 Å². The molecule has 0 saturated carbocycles. The molecule has 0 fully saturated rings. The van der Waals surface area contributed by atoms with Crippen LogP contribution in [0.1, 0.15) is 82.3 Å². The first-order chi connectivity index (χ1) is 9.33. The highest BCUT2D eigenvalue weighted by molar-refractivity contribution is 7.05. The van der Waals surface area contributed by atoms with Gasteiger partial charge in [0.2, 0.25) is 0 Å². The second kappa shape index (κ2) is 10.3. The van der Waals surface area contributed by atoms with Crippen LogP contribution in [0, 0.1) is 0 Å². The molecule has 0 aliphatic rings. The number of rotatable bonds is 11. The van der Waals surface area contributed by atoms with Gasteiger partial charge in [0.25, 0.3) is 0 Å². The van der Waals surface area contributed by atoms with Crippen LogP contribution in [0.4, 0.5) is 0 Å². The van der Waals surface area contributed by atoms with Gasteiger partial charge in [-0.1, -0.05) is 63.8 Å². The van der Waals surface area contributed by atoms with Gasteiger partial charge in [-0.2, -0.15) is 0 Å². The van der Waals surface area contributed by atoms with Crippen LogP contribution in [0.15, 0.2) is 0 Å². The van der Waals surface area contributed by atoms with Crippen molar-refractivity contribution in [3.63, 3.8) is 0 Å². The molecule has 0 radical (unpaired) electrons. The summed E-state index contributed by atoms with van der Waals surface area (Å²) in [6.07, 6.45) is 10.4. The molecular weight excluding hydrogens is 254 g/mol. The molecular formula is C15H29N3S. The molecule has 3 nitrogen and oxygen atoms in total. The summed E-state index contributed by atoms with van der Waals surface area (Å²) in [5, 5.41) is 7.83. The fourth-order valence-electron chi connectivity index (χ4n) is 2.43. The molecule has 1 atom stereocenters. The molecule has 0 aromatic carbocycles. The monoisotopic (exact) mass is 283 g/mol. The maximum Gasteiger partial charge on any atom is 0.0800 e. The zero-order chi connectivity index (χ0) is 13.9. The van der Waals surface area contributed by atoms with Gasteiger partial charge in [-0.15, -0.1) is 5.10 Å². The number of hydrogen-bond donors (Lipinski definition) is 1. The van der Waals surface area contributed by atoms with E-state index in [1.165, 1.54) is 55.5 Å². The molecule has 0 bridgehead atoms. The van der Waals surface area contributed by atoms with Gasteiger partial charge in [-0.3, -0.25) is 0 Å². The molecule has 1 aromatic heterocycles. The van der Waals surface area contributed by atoms with E-state index < -0.39 is 0 Å². The summed E-state index contributed by atoms with van der Waals surface area (Å²) in [7, 11) is 0. The molecule has 1 unspecified atom stereocenters. The summed E-state index contributed by atoms with van der Waals surface area (Å²) in [5.41, 5.74) is 1.18. The molecule has 0 saturated heterocycles. The van der Waals surface area contributed by atoms with Crippen LogP contribution in [0.3, 0.4) is 0 Å². The Morgan fingerprint density at radius 3 is 2.47 bits per heavy atom. The average molecular weight is 283 g/mol. The normalized spacial score (nSPS) is 12.8. The van der Waals surface area contributed by atoms with Crippen LogP contribution < -0.4 is 5.32 Å². The van der Waals surface area contributed by atoms with Gasteiger partial charge >= 0.3 is 0 Å². The van der Waals surface area contributed by atoms with Crippen molar-refractivity contribution in [2.75, 3.05) is 6.54 Å². The zero-order valence-electron chi connectivity index (χ0n) is 12.7. The Kier molecular flexibility index (Phi) is 9.01. The van der Waals surface area contributed by atoms with Gasteiger partial charge in [0.15, 0.2) is 0 Å². The van der Waals surface area contributed by atoms with E-state index in [4.69, 9.17) is 0 Å². The van der Waals surface area contributed by atoms with Crippen molar-refractivity contribution in [1.29, 1.82) is 0 Å². The van der Waals surface area contributed by atoms with Gasteiger partial charge in [-0.25, -0.2) is 0 Å². The van der Waals surface area contributed by atoms with E-state index in [0.29, 0.717) is 6.04 Å². The predicted octanol–water partition coefficient (Wildman–Crippen LogP) is 4.50. The minimum absolute atomic E-state index is 0.464. The standard InChI is InChI=1S/C15H29N3S/c1-4-7-8-9-10-11-12-14(16-6-3)15-13(5-2)17-18-19-15/h14,16H,4-12H2,1-3H3. The van der Waals surface area contributed by atoms with Crippen molar-refractivity contribution in [2.24, 2.45) is 0 Å². The van der Waals surface area contributed by atoms with Crippen LogP contribution >= 0.6 is 11.5 Å². The Labute approximate surface area is 122 Å². The fraction of sp³-hybridized carbons (Fsp3) is 0.867. The SMILES string of the molecule is CCCCCCCCC(NCC)c1snnc1CC. The lowest BCUT2D eigenvalue weighted by molar-refractivity contribution is 0.479. The van der Waals surface area contributed by atoms with Gasteiger partial charge in [0, 0.05) is 6.04 Å². The van der Waals surface area contributed by atoms with Crippen LogP contribution in [-0.2, 0) is 6.42 Å². The third kappa shape index (κ3) is 6.00. The lowest BCUT2D eigenvalue weighted by Gasteiger charge is -2.16. The zero-order valence-corrected chi connectivity index (χ0v) is 13.6. The first kappa shape index (κ1) is 16.6. The van der Waals surface area contributed by atoms with Gasteiger partial charge in [-0.05, 0) is 30.9 Å². The Bertz CT molecular complexity index is 325. The summed E-state index contributed by atoms with van der Waals surface area (Å²) in [6.45, 7) is 7.62. The maximum atomic E-state index is 4.24. The Morgan fingerprint density at radius 1 is 1.05 bits per heavy atom. The fourth-order valence-corrected chi connectivity index (χ4v) is 3.27. The Balaban J connectivity index is 2.36. The summed E-state index contributed by atoms with van der Waals surface area (Å²) in [5.74, 6) is 0. The van der Waals surface area contributed by atoms with E-state index in [9.17, 15) is 0 Å². The molecule has 1 heterocycles. The Morgan fingerprint density at radius 2 is 1.79 bits per heavy atom. The molecule has 4 heteroatoms. The molecule has 1 N–H and O–H groups in total. The largest absolute Gasteiger partial charge is 0.309 e. The first-order valence-electron chi connectivity index (χ1n) is 7.87. The second-order valence-electron chi connectivity index (χ2n) is 5.10. The van der Waals surface area contributed by atoms with Crippen molar-refractivity contribution in [2.45, 2.75) is 78.2 Å². The van der Waals surface area contributed by atoms with Crippen molar-refractivity contribution in [3.8, 4) is 0 Å². The lowest BCUT2D eigenvalue weighted by Crippen LogP contribution is -2.21. The van der Waals surface area contributed by atoms with Crippen LogP contribution in [0.5, 0.6) is 0 Å². The van der Waals surface area contributed by atoms with E-state index >= 15 is 0 Å². The lowest BCUT2D eigenvalue weighted by atomic mass is 10.0. The van der Waals surface area contributed by atoms with Gasteiger partial charge in [0.05, 0.1) is 10.6 Å². The molecule has 110 valence electrons. The highest BCUT2D eigenvalue weighted by atomic mass is 32.1. The van der Waals surface area contributed by atoms with Gasteiger partial charge < -0.3 is 5.32 Å². The number of nitrogens with zero attached hydrogens (tertiary/aromatic N) is 2. The first-order valence-corrected chi connectivity index (χ1v) is 8.65. The molecule has 1 rings (SSSR count). The third-order valence-electron chi connectivity index (χ3n) is 3.53. The molecule has 0 aliphatic carbocycles. The summed E-state index contributed by atoms with van der Waals surface area (Å²) >= 11 is 1.57. The average Bonchev–Trinajstić information content (AvgIpc) is 2.89. The van der Waals surface area contributed by atoms with Gasteiger partial charge in [0.1, 0.15) is 0 Å². The number of hydrogen-bond acceptors (Lipinski definition) is 4. The molecule has 0 amide bonds. The Hall–Kier alpha value is -0.480. The number of unbranched alkanes of at least 4 members (excludes halogenated alkanes) is 5. The van der Waals surface area contributed by atoms with Crippen molar-refractivity contribution in [1.82, 2.24) is 14.9 Å². The van der Waals surface area contributed by atoms with Crippen LogP contribution in [0.25, 0.3) is 0 Å². The molecule has 1 aromatic rings. The maximum absolute atomic E-state index is 4.24. The summed E-state index contributed by atoms with van der Waals surface area (Å²) in [4.78, 5) is 1.36. The molecule has 19 heavy (non-hydrogen) atoms. The molecule has 0 spiro atoms. The highest BCUT2D eigenvalue weighted by Crippen LogP contribution is 2.26. The minimum Gasteiger partial charge on any atom is -0.309 e. The van der Waals surface area contributed by atoms with E-state index in [-0.39, 0.29) is 0 Å². The van der Waals surface area contributed by atoms with Crippen molar-refractivity contribution in [3.05, 3.63) is 10.6 Å². The van der Waals surface area contributed by atoms with Crippen LogP contribution in [-0.4, -0.2) is 16.1 Å². The number of aryl methyl sites for hydroxylation is 1. The highest BCUT2D eigenvalue weighted by Gasteiger charge is 2.17. The summed E-state index contributed by atoms with van der Waals surface area (Å²) < 4.78 is 4.12. The molecule has 0 aliphatic heterocycles. The van der Waals surface area contributed by atoms with Crippen LogP contribution in [0.2, 0.25) is 0 Å². The quantitative estimate of drug-likeness (QED) is 0.608. The number of nitrogens with one attached hydrogen (secondary N) is 1. The third-order valence-corrected chi connectivity index (χ3v) is 4.41.